The molecule has 0 aliphatic heterocycles. The van der Waals surface area contributed by atoms with Gasteiger partial charge in [-0.2, -0.15) is 0 Å². The molecule has 4 aromatic rings. The topological polar surface area (TPSA) is 310 Å². The first-order valence-corrected chi connectivity index (χ1v) is 16.7. The Kier molecular flexibility index (Phi) is 16.1. The van der Waals surface area contributed by atoms with Gasteiger partial charge < -0.3 is 38.6 Å². The van der Waals surface area contributed by atoms with Crippen molar-refractivity contribution in [1.29, 1.82) is 0 Å². The summed E-state index contributed by atoms with van der Waals surface area (Å²) in [5, 5.41) is 35.5. The summed E-state index contributed by atoms with van der Waals surface area (Å²) < 4.78 is 124. The van der Waals surface area contributed by atoms with E-state index < -0.39 is 83.1 Å². The van der Waals surface area contributed by atoms with Crippen LogP contribution in [0, 0.1) is 0 Å². The normalized spacial score (nSPS) is 11.1. The van der Waals surface area contributed by atoms with Crippen LogP contribution in [0.4, 0.5) is 0 Å². The van der Waals surface area contributed by atoms with Crippen molar-refractivity contribution in [3.8, 4) is 23.0 Å². The van der Waals surface area contributed by atoms with Gasteiger partial charge in [-0.3, -0.25) is 0 Å². The molecule has 4 rings (SSSR count). The smallest absolute Gasteiger partial charge is 0.744 e. The summed E-state index contributed by atoms with van der Waals surface area (Å²) in [6.45, 7) is 0. The van der Waals surface area contributed by atoms with Crippen LogP contribution in [-0.4, -0.2) is 99.6 Å². The van der Waals surface area contributed by atoms with Gasteiger partial charge in [0, 0.05) is 0 Å². The van der Waals surface area contributed by atoms with Crippen molar-refractivity contribution in [3.05, 3.63) is 97.1 Å². The second kappa shape index (κ2) is 17.4. The minimum absolute atomic E-state index is 0. The standard InChI is InChI=1S/4C6H6O4S.Pb/c4*7-5-3-1-2-4-6(5)11(8,9)10;/h4*1-4,7H,(H,8,9,10);/q;;;;+4/p-4. The van der Waals surface area contributed by atoms with Gasteiger partial charge in [0.25, 0.3) is 0 Å². The van der Waals surface area contributed by atoms with Crippen LogP contribution in [0.25, 0.3) is 0 Å². The Balaban J connectivity index is 0.000000569. The number of benzene rings is 4. The predicted octanol–water partition coefficient (Wildman–Crippen LogP) is 0.804. The number of hydrogen-bond acceptors (Lipinski definition) is 16. The largest absolute Gasteiger partial charge is 4.00 e. The van der Waals surface area contributed by atoms with E-state index in [-0.39, 0.29) is 27.3 Å². The summed E-state index contributed by atoms with van der Waals surface area (Å²) in [7, 11) is -18.1. The Hall–Kier alpha value is -3.36. The van der Waals surface area contributed by atoms with Crippen LogP contribution in [0.2, 0.25) is 0 Å². The van der Waals surface area contributed by atoms with Gasteiger partial charge in [0.15, 0.2) is 0 Å². The van der Waals surface area contributed by atoms with Crippen LogP contribution >= 0.6 is 0 Å². The summed E-state index contributed by atoms with van der Waals surface area (Å²) >= 11 is 0. The Morgan fingerprint density at radius 2 is 0.467 bits per heavy atom. The molecule has 0 saturated carbocycles. The first-order chi connectivity index (χ1) is 20.1. The molecule has 0 atom stereocenters. The third kappa shape index (κ3) is 14.5. The van der Waals surface area contributed by atoms with Gasteiger partial charge in [-0.15, -0.1) is 0 Å². The molecule has 0 amide bonds. The van der Waals surface area contributed by atoms with Crippen molar-refractivity contribution in [2.24, 2.45) is 0 Å². The molecule has 0 fully saturated rings. The second-order valence-electron chi connectivity index (χ2n) is 7.69. The maximum atomic E-state index is 10.3. The summed E-state index contributed by atoms with van der Waals surface area (Å²) in [6.07, 6.45) is 0. The number of aromatic hydroxyl groups is 4. The first kappa shape index (κ1) is 41.6. The molecule has 0 unspecified atom stereocenters. The summed E-state index contributed by atoms with van der Waals surface area (Å²) in [6, 6.07) is 20.0. The van der Waals surface area contributed by atoms with Gasteiger partial charge in [0.1, 0.15) is 63.5 Å². The summed E-state index contributed by atoms with van der Waals surface area (Å²) in [4.78, 5) is -2.33. The quantitative estimate of drug-likeness (QED) is 0.163. The van der Waals surface area contributed by atoms with Crippen molar-refractivity contribution in [2.75, 3.05) is 0 Å². The van der Waals surface area contributed by atoms with E-state index in [0.717, 1.165) is 48.5 Å². The Bertz CT molecular complexity index is 1720. The number of rotatable bonds is 4. The van der Waals surface area contributed by atoms with E-state index in [1.165, 1.54) is 48.5 Å². The van der Waals surface area contributed by atoms with Crippen molar-refractivity contribution in [3.63, 3.8) is 0 Å². The molecule has 0 heterocycles. The molecular weight excluding hydrogens is 880 g/mol. The number of phenols is 4. The van der Waals surface area contributed by atoms with E-state index in [4.69, 9.17) is 20.4 Å². The Morgan fingerprint density at radius 3 is 0.556 bits per heavy atom. The molecule has 4 N–H and O–H groups in total. The molecule has 0 radical (unpaired) electrons. The molecule has 0 bridgehead atoms. The second-order valence-corrected chi connectivity index (χ2v) is 13.1. The Labute approximate surface area is 278 Å². The van der Waals surface area contributed by atoms with Gasteiger partial charge in [-0.25, -0.2) is 33.7 Å². The summed E-state index contributed by atoms with van der Waals surface area (Å²) in [5.74, 6) is -2.05. The van der Waals surface area contributed by atoms with E-state index in [0.29, 0.717) is 0 Å². The van der Waals surface area contributed by atoms with Crippen LogP contribution in [0.3, 0.4) is 0 Å². The number of hydrogen-bond donors (Lipinski definition) is 4. The SMILES string of the molecule is O=S(=O)([O-])c1ccccc1O.O=S(=O)([O-])c1ccccc1O.O=S(=O)([O-])c1ccccc1O.O=S(=O)([O-])c1ccccc1O.[Pb+4]. The number of phenolic OH excluding ortho intramolecular Hbond substituents is 4. The molecule has 45 heavy (non-hydrogen) atoms. The molecular formula is C24H20O16PbS4. The molecule has 16 nitrogen and oxygen atoms in total. The van der Waals surface area contributed by atoms with Gasteiger partial charge in [-0.1, -0.05) is 48.5 Å². The molecule has 0 saturated heterocycles. The predicted molar refractivity (Wildman–Crippen MR) is 150 cm³/mol. The molecule has 0 aliphatic carbocycles. The van der Waals surface area contributed by atoms with Gasteiger partial charge in [0.05, 0.1) is 19.6 Å². The third-order valence-corrected chi connectivity index (χ3v) is 8.07. The van der Waals surface area contributed by atoms with E-state index >= 15 is 0 Å². The maximum Gasteiger partial charge on any atom is 4.00 e. The Morgan fingerprint density at radius 1 is 0.333 bits per heavy atom. The van der Waals surface area contributed by atoms with Crippen LogP contribution in [0.15, 0.2) is 117 Å². The van der Waals surface area contributed by atoms with Gasteiger partial charge >= 0.3 is 27.3 Å². The zero-order chi connectivity index (χ0) is 33.9. The average Bonchev–Trinajstić information content (AvgIpc) is 2.88. The fourth-order valence-electron chi connectivity index (χ4n) is 2.67. The summed E-state index contributed by atoms with van der Waals surface area (Å²) in [5.41, 5.74) is 0. The fraction of sp³-hybridized carbons (Fsp3) is 0. The monoisotopic (exact) mass is 900 g/mol. The molecule has 21 heteroatoms. The van der Waals surface area contributed by atoms with Crippen molar-refractivity contribution in [1.82, 2.24) is 0 Å². The maximum absolute atomic E-state index is 10.3. The van der Waals surface area contributed by atoms with Crippen LogP contribution in [0.1, 0.15) is 0 Å². The van der Waals surface area contributed by atoms with E-state index in [2.05, 4.69) is 0 Å². The van der Waals surface area contributed by atoms with E-state index in [1.54, 1.807) is 0 Å². The van der Waals surface area contributed by atoms with Crippen LogP contribution < -0.4 is 0 Å². The molecule has 0 aromatic heterocycles. The minimum atomic E-state index is -4.53. The molecule has 0 spiro atoms. The van der Waals surface area contributed by atoms with Crippen LogP contribution in [0.5, 0.6) is 23.0 Å². The fourth-order valence-corrected chi connectivity index (χ4v) is 4.95. The van der Waals surface area contributed by atoms with Gasteiger partial charge in [0.2, 0.25) is 0 Å². The minimum Gasteiger partial charge on any atom is -0.744 e. The van der Waals surface area contributed by atoms with E-state index in [1.807, 2.05) is 0 Å². The third-order valence-electron chi connectivity index (χ3n) is 4.54. The number of para-hydroxylation sites is 4. The molecule has 240 valence electrons. The van der Waals surface area contributed by atoms with Crippen molar-refractivity contribution in [2.45, 2.75) is 19.6 Å². The van der Waals surface area contributed by atoms with E-state index in [9.17, 15) is 51.9 Å². The molecule has 4 aromatic carbocycles. The zero-order valence-electron chi connectivity index (χ0n) is 22.1. The van der Waals surface area contributed by atoms with Crippen LogP contribution in [-0.2, 0) is 40.5 Å². The van der Waals surface area contributed by atoms with Crippen molar-refractivity contribution >= 4 is 67.8 Å². The molecule has 0 aliphatic rings. The average molecular weight is 900 g/mol. The first-order valence-electron chi connectivity index (χ1n) is 11.0. The van der Waals surface area contributed by atoms with Crippen molar-refractivity contribution < 1.29 is 72.3 Å². The zero-order valence-corrected chi connectivity index (χ0v) is 29.2. The van der Waals surface area contributed by atoms with Gasteiger partial charge in [-0.05, 0) is 48.5 Å².